The van der Waals surface area contributed by atoms with Gasteiger partial charge in [-0.25, -0.2) is 15.0 Å². The summed E-state index contributed by atoms with van der Waals surface area (Å²) in [4.78, 5) is 40.4. The molecule has 3 heterocycles. The summed E-state index contributed by atoms with van der Waals surface area (Å²) in [5.41, 5.74) is 3.16. The molecule has 1 aliphatic heterocycles. The maximum Gasteiger partial charge on any atom is 0.256 e. The number of hydrogen-bond acceptors (Lipinski definition) is 5. The Bertz CT molecular complexity index is 1110. The Hall–Kier alpha value is -3.29. The third-order valence-electron chi connectivity index (χ3n) is 5.96. The Morgan fingerprint density at radius 1 is 1.19 bits per heavy atom. The predicted octanol–water partition coefficient (Wildman–Crippen LogP) is 3.85. The van der Waals surface area contributed by atoms with Crippen LogP contribution in [0, 0.1) is 5.92 Å². The standard InChI is InChI=1S/C24H30N6O2/c1-4-29-15-27-20-11-19(7-8-21(20)29)28-22(31)10-17-6-5-9-30(14-17)24(32)18-12-25-23(16(2)3)26-13-18/h7-8,11-13,15-17H,4-6,9-10,14H2,1-3H3,(H,28,31)/t17-/m0/s1. The van der Waals surface area contributed by atoms with E-state index in [2.05, 4.69) is 31.8 Å². The lowest BCUT2D eigenvalue weighted by molar-refractivity contribution is -0.117. The Balaban J connectivity index is 1.35. The smallest absolute Gasteiger partial charge is 0.256 e. The molecule has 0 saturated carbocycles. The minimum Gasteiger partial charge on any atom is -0.338 e. The normalized spacial score (nSPS) is 16.5. The first-order chi connectivity index (χ1) is 15.4. The van der Waals surface area contributed by atoms with Crippen LogP contribution in [0.2, 0.25) is 0 Å². The molecule has 1 aromatic carbocycles. The molecule has 0 bridgehead atoms. The second-order valence-corrected chi connectivity index (χ2v) is 8.73. The fraction of sp³-hybridized carbons (Fsp3) is 0.458. The van der Waals surface area contributed by atoms with Crippen molar-refractivity contribution < 1.29 is 9.59 Å². The van der Waals surface area contributed by atoms with Crippen LogP contribution in [-0.4, -0.2) is 49.3 Å². The minimum atomic E-state index is -0.0672. The molecule has 2 amide bonds. The van der Waals surface area contributed by atoms with Crippen LogP contribution in [0.5, 0.6) is 0 Å². The molecule has 8 heteroatoms. The summed E-state index contributed by atoms with van der Waals surface area (Å²) in [6, 6.07) is 5.79. The summed E-state index contributed by atoms with van der Waals surface area (Å²) in [6.07, 6.45) is 7.22. The first-order valence-electron chi connectivity index (χ1n) is 11.3. The number of rotatable bonds is 6. The van der Waals surface area contributed by atoms with Gasteiger partial charge in [0.1, 0.15) is 5.82 Å². The van der Waals surface area contributed by atoms with Gasteiger partial charge in [-0.15, -0.1) is 0 Å². The highest BCUT2D eigenvalue weighted by Crippen LogP contribution is 2.23. The van der Waals surface area contributed by atoms with Crippen molar-refractivity contribution in [1.29, 1.82) is 0 Å². The van der Waals surface area contributed by atoms with Crippen molar-refractivity contribution in [3.05, 3.63) is 48.3 Å². The first-order valence-corrected chi connectivity index (χ1v) is 11.3. The molecule has 0 spiro atoms. The molecular weight excluding hydrogens is 404 g/mol. The average Bonchev–Trinajstić information content (AvgIpc) is 3.21. The van der Waals surface area contributed by atoms with Gasteiger partial charge in [-0.3, -0.25) is 9.59 Å². The summed E-state index contributed by atoms with van der Waals surface area (Å²) in [5, 5.41) is 2.99. The van der Waals surface area contributed by atoms with Crippen LogP contribution in [0.25, 0.3) is 11.0 Å². The van der Waals surface area contributed by atoms with Gasteiger partial charge >= 0.3 is 0 Å². The van der Waals surface area contributed by atoms with Gasteiger partial charge in [0.05, 0.1) is 22.9 Å². The summed E-state index contributed by atoms with van der Waals surface area (Å²) in [7, 11) is 0. The number of imidazole rings is 1. The van der Waals surface area contributed by atoms with Gasteiger partial charge in [0.25, 0.3) is 5.91 Å². The third-order valence-corrected chi connectivity index (χ3v) is 5.96. The molecule has 3 aromatic rings. The average molecular weight is 435 g/mol. The molecule has 8 nitrogen and oxygen atoms in total. The lowest BCUT2D eigenvalue weighted by Gasteiger charge is -2.32. The molecule has 1 saturated heterocycles. The van der Waals surface area contributed by atoms with E-state index in [0.29, 0.717) is 25.1 Å². The molecular formula is C24H30N6O2. The van der Waals surface area contributed by atoms with Crippen molar-refractivity contribution in [2.45, 2.75) is 52.5 Å². The number of aryl methyl sites for hydroxylation is 1. The number of likely N-dealkylation sites (tertiary alicyclic amines) is 1. The van der Waals surface area contributed by atoms with Crippen molar-refractivity contribution in [3.63, 3.8) is 0 Å². The molecule has 0 unspecified atom stereocenters. The van der Waals surface area contributed by atoms with E-state index in [9.17, 15) is 9.59 Å². The van der Waals surface area contributed by atoms with Gasteiger partial charge in [0, 0.05) is 50.1 Å². The monoisotopic (exact) mass is 434 g/mol. The zero-order chi connectivity index (χ0) is 22.7. The Morgan fingerprint density at radius 3 is 2.69 bits per heavy atom. The van der Waals surface area contributed by atoms with E-state index in [0.717, 1.165) is 41.9 Å². The van der Waals surface area contributed by atoms with Crippen molar-refractivity contribution >= 4 is 28.5 Å². The number of amides is 2. The van der Waals surface area contributed by atoms with Crippen LogP contribution in [0.4, 0.5) is 5.69 Å². The second-order valence-electron chi connectivity index (χ2n) is 8.73. The topological polar surface area (TPSA) is 93.0 Å². The SMILES string of the molecule is CCn1cnc2cc(NC(=O)C[C@@H]3CCCN(C(=O)c4cnc(C(C)C)nc4)C3)ccc21. The number of nitrogens with one attached hydrogen (secondary N) is 1. The van der Waals surface area contributed by atoms with Crippen molar-refractivity contribution in [2.24, 2.45) is 5.92 Å². The summed E-state index contributed by atoms with van der Waals surface area (Å²) < 4.78 is 2.07. The van der Waals surface area contributed by atoms with Crippen LogP contribution in [0.1, 0.15) is 62.1 Å². The van der Waals surface area contributed by atoms with Crippen molar-refractivity contribution in [1.82, 2.24) is 24.4 Å². The van der Waals surface area contributed by atoms with Gasteiger partial charge in [0.2, 0.25) is 5.91 Å². The van der Waals surface area contributed by atoms with E-state index >= 15 is 0 Å². The number of aromatic nitrogens is 4. The summed E-state index contributed by atoms with van der Waals surface area (Å²) in [5.74, 6) is 0.978. The Morgan fingerprint density at radius 2 is 1.97 bits per heavy atom. The third kappa shape index (κ3) is 4.79. The summed E-state index contributed by atoms with van der Waals surface area (Å²) in [6.45, 7) is 8.23. The lowest BCUT2D eigenvalue weighted by atomic mass is 9.94. The zero-order valence-corrected chi connectivity index (χ0v) is 18.9. The number of fused-ring (bicyclic) bond motifs is 1. The maximum atomic E-state index is 12.9. The molecule has 1 atom stereocenters. The van der Waals surface area contributed by atoms with Gasteiger partial charge in [-0.05, 0) is 43.9 Å². The van der Waals surface area contributed by atoms with E-state index in [-0.39, 0.29) is 23.7 Å². The molecule has 4 rings (SSSR count). The van der Waals surface area contributed by atoms with Crippen LogP contribution in [-0.2, 0) is 11.3 Å². The van der Waals surface area contributed by atoms with E-state index in [4.69, 9.17) is 0 Å². The number of benzene rings is 1. The first kappa shape index (κ1) is 21.9. The largest absolute Gasteiger partial charge is 0.338 e. The van der Waals surface area contributed by atoms with E-state index < -0.39 is 0 Å². The van der Waals surface area contributed by atoms with Crippen molar-refractivity contribution in [2.75, 3.05) is 18.4 Å². The predicted molar refractivity (Wildman–Crippen MR) is 123 cm³/mol. The van der Waals surface area contributed by atoms with Gasteiger partial charge in [-0.2, -0.15) is 0 Å². The zero-order valence-electron chi connectivity index (χ0n) is 18.9. The number of piperidine rings is 1. The van der Waals surface area contributed by atoms with Crippen molar-refractivity contribution in [3.8, 4) is 0 Å². The maximum absolute atomic E-state index is 12.9. The number of hydrogen-bond donors (Lipinski definition) is 1. The molecule has 168 valence electrons. The second kappa shape index (κ2) is 9.46. The lowest BCUT2D eigenvalue weighted by Crippen LogP contribution is -2.41. The number of carbonyl (C=O) groups excluding carboxylic acids is 2. The molecule has 1 fully saturated rings. The van der Waals surface area contributed by atoms with Gasteiger partial charge in [-0.1, -0.05) is 13.8 Å². The van der Waals surface area contributed by atoms with E-state index in [1.54, 1.807) is 12.4 Å². The summed E-state index contributed by atoms with van der Waals surface area (Å²) >= 11 is 0. The Labute approximate surface area is 188 Å². The molecule has 32 heavy (non-hydrogen) atoms. The van der Waals surface area contributed by atoms with E-state index in [1.165, 1.54) is 0 Å². The van der Waals surface area contributed by atoms with Crippen LogP contribution in [0.3, 0.4) is 0 Å². The van der Waals surface area contributed by atoms with Gasteiger partial charge < -0.3 is 14.8 Å². The molecule has 0 radical (unpaired) electrons. The van der Waals surface area contributed by atoms with Gasteiger partial charge in [0.15, 0.2) is 0 Å². The number of carbonyl (C=O) groups is 2. The fourth-order valence-electron chi connectivity index (χ4n) is 4.21. The molecule has 0 aliphatic carbocycles. The Kier molecular flexibility index (Phi) is 6.48. The highest BCUT2D eigenvalue weighted by atomic mass is 16.2. The minimum absolute atomic E-state index is 0.0387. The van der Waals surface area contributed by atoms with Crippen LogP contribution in [0.15, 0.2) is 36.9 Å². The van der Waals surface area contributed by atoms with Crippen LogP contribution >= 0.6 is 0 Å². The molecule has 2 aromatic heterocycles. The fourth-order valence-corrected chi connectivity index (χ4v) is 4.21. The number of nitrogens with zero attached hydrogens (tertiary/aromatic N) is 5. The van der Waals surface area contributed by atoms with Crippen LogP contribution < -0.4 is 5.32 Å². The molecule has 1 aliphatic rings. The van der Waals surface area contributed by atoms with E-state index in [1.807, 2.05) is 43.3 Å². The quantitative estimate of drug-likeness (QED) is 0.636. The number of anilines is 1. The highest BCUT2D eigenvalue weighted by molar-refractivity contribution is 5.94. The molecule has 1 N–H and O–H groups in total. The highest BCUT2D eigenvalue weighted by Gasteiger charge is 2.26.